The number of hydrogen-bond donors (Lipinski definition) is 3. The van der Waals surface area contributed by atoms with Crippen molar-refractivity contribution in [1.82, 2.24) is 10.6 Å². The van der Waals surface area contributed by atoms with Gasteiger partial charge in [0.2, 0.25) is 6.55 Å². The summed E-state index contributed by atoms with van der Waals surface area (Å²) < 4.78 is 12.4. The fourth-order valence-electron chi connectivity index (χ4n) is 2.42. The maximum absolute atomic E-state index is 12.1. The van der Waals surface area contributed by atoms with E-state index in [2.05, 4.69) is 23.3 Å². The van der Waals surface area contributed by atoms with Gasteiger partial charge in [0, 0.05) is 0 Å². The second-order valence-corrected chi connectivity index (χ2v) is 7.02. The van der Waals surface area contributed by atoms with Crippen molar-refractivity contribution in [2.75, 3.05) is 13.2 Å². The van der Waals surface area contributed by atoms with Crippen LogP contribution in [-0.2, 0) is 20.7 Å². The molecule has 0 saturated carbocycles. The van der Waals surface area contributed by atoms with Gasteiger partial charge in [-0.05, 0) is 32.3 Å². The van der Waals surface area contributed by atoms with Crippen LogP contribution in [0.25, 0.3) is 0 Å². The third-order valence-electron chi connectivity index (χ3n) is 3.84. The number of carbonyl (C=O) groups excluding carboxylic acids is 2. The summed E-state index contributed by atoms with van der Waals surface area (Å²) in [6.07, 6.45) is 2.01. The Balaban J connectivity index is 2.53. The lowest BCUT2D eigenvalue weighted by atomic mass is 9.88. The van der Waals surface area contributed by atoms with E-state index < -0.39 is 11.5 Å². The van der Waals surface area contributed by atoms with E-state index in [1.165, 1.54) is 0 Å². The van der Waals surface area contributed by atoms with Crippen LogP contribution in [0.3, 0.4) is 0 Å². The molecule has 0 radical (unpaired) electrons. The fourth-order valence-corrected chi connectivity index (χ4v) is 2.57. The Bertz CT molecular complexity index is 572. The van der Waals surface area contributed by atoms with E-state index in [0.29, 0.717) is 6.42 Å². The number of nitrogens with one attached hydrogen (secondary N) is 1. The summed E-state index contributed by atoms with van der Waals surface area (Å²) in [5, 5.41) is 5.16. The van der Waals surface area contributed by atoms with Crippen molar-refractivity contribution in [2.45, 2.75) is 46.1 Å². The molecule has 0 spiro atoms. The minimum absolute atomic E-state index is 0.0384. The molecule has 2 N–H and O–H groups in total. The highest BCUT2D eigenvalue weighted by Gasteiger charge is 2.28. The van der Waals surface area contributed by atoms with Gasteiger partial charge >= 0.3 is 5.97 Å². The zero-order chi connectivity index (χ0) is 19.6. The first-order chi connectivity index (χ1) is 12.3. The molecule has 6 nitrogen and oxygen atoms in total. The van der Waals surface area contributed by atoms with E-state index in [4.69, 9.17) is 6.17 Å². The zero-order valence-corrected chi connectivity index (χ0v) is 15.9. The zero-order valence-electron chi connectivity index (χ0n) is 16.0. The molecule has 0 fully saturated rings. The molecule has 0 amide bonds. The number of carbonyl (C=O) groups is 2. The summed E-state index contributed by atoms with van der Waals surface area (Å²) in [4.78, 5) is 23.8. The second kappa shape index (κ2) is 10.6. The molecular formula is C18H28N2O4S. The summed E-state index contributed by atoms with van der Waals surface area (Å²) in [6.45, 7) is 5.83. The quantitative estimate of drug-likeness (QED) is 0.298. The number of ether oxygens (including phenoxy) is 1. The van der Waals surface area contributed by atoms with Gasteiger partial charge in [-0.1, -0.05) is 43.7 Å². The van der Waals surface area contributed by atoms with Gasteiger partial charge in [-0.15, -0.1) is 17.8 Å². The van der Waals surface area contributed by atoms with Gasteiger partial charge in [-0.25, -0.2) is 5.43 Å². The Kier molecular flexibility index (Phi) is 8.40. The van der Waals surface area contributed by atoms with Gasteiger partial charge < -0.3 is 4.74 Å². The van der Waals surface area contributed by atoms with Crippen LogP contribution in [0.5, 0.6) is 0 Å². The third kappa shape index (κ3) is 8.00. The third-order valence-corrected chi connectivity index (χ3v) is 4.15. The molecule has 0 heterocycles. The van der Waals surface area contributed by atoms with Gasteiger partial charge in [0.05, 0.1) is 18.0 Å². The molecule has 0 aliphatic carbocycles. The molecule has 0 aromatic heterocycles. The number of esters is 1. The average molecular weight is 371 g/mol. The SMILES string of the molecule is [3H]ON(CCOC(=O)C(C)(C)CCC)NC(Cc1ccccc1)C(=O)S. The first-order valence-corrected chi connectivity index (χ1v) is 8.85. The van der Waals surface area contributed by atoms with Crippen molar-refractivity contribution in [1.29, 1.82) is 0 Å². The monoisotopic (exact) mass is 370 g/mol. The highest BCUT2D eigenvalue weighted by molar-refractivity contribution is 7.96. The number of benzene rings is 1. The highest BCUT2D eigenvalue weighted by Crippen LogP contribution is 2.23. The van der Waals surface area contributed by atoms with Crippen LogP contribution in [0.2, 0.25) is 1.43 Å². The number of hydrazine groups is 1. The molecule has 140 valence electrons. The average Bonchev–Trinajstić information content (AvgIpc) is 2.60. The van der Waals surface area contributed by atoms with Gasteiger partial charge in [0.25, 0.3) is 0 Å². The van der Waals surface area contributed by atoms with Crippen molar-refractivity contribution in [2.24, 2.45) is 5.41 Å². The first kappa shape index (κ1) is 19.9. The first-order valence-electron chi connectivity index (χ1n) is 8.82. The van der Waals surface area contributed by atoms with E-state index in [-0.39, 0.29) is 24.2 Å². The van der Waals surface area contributed by atoms with Gasteiger partial charge in [-0.3, -0.25) is 14.8 Å². The van der Waals surface area contributed by atoms with Crippen molar-refractivity contribution in [3.05, 3.63) is 35.9 Å². The summed E-state index contributed by atoms with van der Waals surface area (Å²) in [6, 6.07) is 8.78. The predicted molar refractivity (Wildman–Crippen MR) is 99.2 cm³/mol. The molecule has 1 aromatic carbocycles. The van der Waals surface area contributed by atoms with Crippen molar-refractivity contribution in [3.8, 4) is 0 Å². The van der Waals surface area contributed by atoms with E-state index >= 15 is 0 Å². The number of hydroxylamine groups is 1. The Morgan fingerprint density at radius 2 is 2.08 bits per heavy atom. The number of hydrogen-bond acceptors (Lipinski definition) is 6. The molecule has 0 aliphatic heterocycles. The van der Waals surface area contributed by atoms with Crippen LogP contribution < -0.4 is 5.43 Å². The minimum atomic E-state index is -0.668. The van der Waals surface area contributed by atoms with Crippen LogP contribution in [0.4, 0.5) is 0 Å². The maximum atomic E-state index is 12.1. The van der Waals surface area contributed by atoms with E-state index in [9.17, 15) is 9.59 Å². The molecule has 1 atom stereocenters. The number of rotatable bonds is 12. The van der Waals surface area contributed by atoms with E-state index in [1.807, 2.05) is 51.1 Å². The Labute approximate surface area is 156 Å². The van der Waals surface area contributed by atoms with Crippen LogP contribution in [0.1, 0.15) is 39.2 Å². The molecule has 0 bridgehead atoms. The normalized spacial score (nSPS) is 13.4. The number of thiol groups is 1. The van der Waals surface area contributed by atoms with E-state index in [1.54, 1.807) is 0 Å². The Morgan fingerprint density at radius 1 is 1.40 bits per heavy atom. The molecule has 7 heteroatoms. The second-order valence-electron chi connectivity index (χ2n) is 6.58. The Hall–Kier alpha value is -1.41. The minimum Gasteiger partial charge on any atom is -0.464 e. The molecular weight excluding hydrogens is 340 g/mol. The predicted octanol–water partition coefficient (Wildman–Crippen LogP) is 2.62. The summed E-state index contributed by atoms with van der Waals surface area (Å²) in [5.74, 6) is -0.296. The van der Waals surface area contributed by atoms with Crippen LogP contribution in [-0.4, -0.2) is 40.7 Å². The van der Waals surface area contributed by atoms with E-state index in [0.717, 1.165) is 23.6 Å². The van der Waals surface area contributed by atoms with Crippen LogP contribution >= 0.6 is 12.6 Å². The summed E-state index contributed by atoms with van der Waals surface area (Å²) >= 11 is 3.89. The fraction of sp³-hybridized carbons (Fsp3) is 0.556. The molecule has 1 rings (SSSR count). The smallest absolute Gasteiger partial charge is 0.311 e. The molecule has 1 aromatic rings. The van der Waals surface area contributed by atoms with Crippen molar-refractivity contribution < 1.29 is 21.0 Å². The van der Waals surface area contributed by atoms with Crippen LogP contribution in [0, 0.1) is 5.41 Å². The summed E-state index contributed by atoms with van der Waals surface area (Å²) in [5.41, 5.74) is 3.19. The number of nitrogens with zero attached hydrogens (tertiary/aromatic N) is 1. The topological polar surface area (TPSA) is 78.9 Å². The van der Waals surface area contributed by atoms with Gasteiger partial charge in [0.1, 0.15) is 6.61 Å². The summed E-state index contributed by atoms with van der Waals surface area (Å²) in [7, 11) is 0. The molecule has 1 unspecified atom stereocenters. The lowest BCUT2D eigenvalue weighted by Gasteiger charge is -2.24. The van der Waals surface area contributed by atoms with Crippen LogP contribution in [0.15, 0.2) is 30.3 Å². The molecule has 0 aliphatic rings. The maximum Gasteiger partial charge on any atom is 0.311 e. The standard InChI is InChI=1S/C18H28N2O4S/c1-4-10-18(2,3)17(22)24-12-11-20(23)19-15(16(21)25)13-14-8-6-5-7-9-14/h5-9,15,19,23H,4,10-13H2,1-3H3,(H,21,25)/i23T. The molecule has 0 saturated heterocycles. The lowest BCUT2D eigenvalue weighted by molar-refractivity contribution is -0.171. The highest BCUT2D eigenvalue weighted by atomic mass is 32.1. The van der Waals surface area contributed by atoms with Gasteiger partial charge in [-0.2, -0.15) is 0 Å². The molecule has 25 heavy (non-hydrogen) atoms. The largest absolute Gasteiger partial charge is 0.464 e. The Morgan fingerprint density at radius 3 is 2.64 bits per heavy atom. The van der Waals surface area contributed by atoms with Crippen molar-refractivity contribution >= 4 is 23.7 Å². The van der Waals surface area contributed by atoms with Gasteiger partial charge in [0.15, 0.2) is 0 Å². The van der Waals surface area contributed by atoms with Crippen molar-refractivity contribution in [3.63, 3.8) is 0 Å². The lowest BCUT2D eigenvalue weighted by Crippen LogP contribution is -2.48.